The standard InChI is InChI=1S/C19H32N6OS.HI/c1-3-17(26)25-12-8-15(13-25)22-18(20-4-2)21-9-7-16-14-27-19(23-16)24-10-5-6-11-24;/h14-15H,3-13H2,1-2H3,(H2,20,21,22);1H. The molecule has 0 radical (unpaired) electrons. The zero-order chi connectivity index (χ0) is 19.1. The van der Waals surface area contributed by atoms with Crippen molar-refractivity contribution in [3.63, 3.8) is 0 Å². The number of hydrogen-bond donors (Lipinski definition) is 2. The molecule has 2 aliphatic heterocycles. The molecule has 158 valence electrons. The van der Waals surface area contributed by atoms with E-state index in [4.69, 9.17) is 9.98 Å². The van der Waals surface area contributed by atoms with E-state index in [1.54, 1.807) is 11.3 Å². The summed E-state index contributed by atoms with van der Waals surface area (Å²) in [6.45, 7) is 9.40. The third-order valence-corrected chi connectivity index (χ3v) is 6.03. The quantitative estimate of drug-likeness (QED) is 0.329. The van der Waals surface area contributed by atoms with Gasteiger partial charge in [-0.25, -0.2) is 4.98 Å². The number of aromatic nitrogens is 1. The second kappa shape index (κ2) is 11.8. The number of aliphatic imine (C=N–C) groups is 1. The maximum absolute atomic E-state index is 11.8. The predicted molar refractivity (Wildman–Crippen MR) is 127 cm³/mol. The van der Waals surface area contributed by atoms with Gasteiger partial charge in [0, 0.05) is 63.5 Å². The van der Waals surface area contributed by atoms with Crippen LogP contribution in [0.1, 0.15) is 45.2 Å². The Hall–Kier alpha value is -1.10. The Morgan fingerprint density at radius 2 is 2.11 bits per heavy atom. The van der Waals surface area contributed by atoms with E-state index in [0.29, 0.717) is 13.0 Å². The number of hydrogen-bond acceptors (Lipinski definition) is 5. The summed E-state index contributed by atoms with van der Waals surface area (Å²) in [5, 5.41) is 10.1. The Kier molecular flexibility index (Phi) is 9.76. The third-order valence-electron chi connectivity index (χ3n) is 5.08. The zero-order valence-electron chi connectivity index (χ0n) is 16.9. The van der Waals surface area contributed by atoms with Crippen molar-refractivity contribution in [2.75, 3.05) is 44.2 Å². The van der Waals surface area contributed by atoms with Crippen LogP contribution in [0.15, 0.2) is 10.4 Å². The van der Waals surface area contributed by atoms with Crippen LogP contribution in [-0.2, 0) is 11.2 Å². The minimum Gasteiger partial charge on any atom is -0.357 e. The van der Waals surface area contributed by atoms with Crippen LogP contribution in [0.5, 0.6) is 0 Å². The Bertz CT molecular complexity index is 646. The number of guanidine groups is 1. The number of likely N-dealkylation sites (tertiary alicyclic amines) is 1. The number of anilines is 1. The van der Waals surface area contributed by atoms with E-state index in [9.17, 15) is 4.79 Å². The second-order valence-corrected chi connectivity index (χ2v) is 7.99. The Labute approximate surface area is 189 Å². The van der Waals surface area contributed by atoms with Crippen LogP contribution in [0.3, 0.4) is 0 Å². The number of nitrogens with zero attached hydrogens (tertiary/aromatic N) is 4. The monoisotopic (exact) mass is 520 g/mol. The summed E-state index contributed by atoms with van der Waals surface area (Å²) in [6, 6.07) is 0.277. The average Bonchev–Trinajstić information content (AvgIpc) is 3.42. The largest absolute Gasteiger partial charge is 0.357 e. The molecule has 0 saturated carbocycles. The number of nitrogens with one attached hydrogen (secondary N) is 2. The topological polar surface area (TPSA) is 72.9 Å². The lowest BCUT2D eigenvalue weighted by Gasteiger charge is -2.18. The molecule has 2 N–H and O–H groups in total. The van der Waals surface area contributed by atoms with Gasteiger partial charge in [0.15, 0.2) is 11.1 Å². The lowest BCUT2D eigenvalue weighted by atomic mass is 10.3. The molecular weight excluding hydrogens is 487 g/mol. The molecule has 0 bridgehead atoms. The van der Waals surface area contributed by atoms with Crippen LogP contribution in [0, 0.1) is 0 Å². The first kappa shape index (κ1) is 23.2. The number of thiazole rings is 1. The molecule has 28 heavy (non-hydrogen) atoms. The SMILES string of the molecule is CCNC(=NCCc1csc(N2CCCC2)n1)NC1CCN(C(=O)CC)C1.I. The fourth-order valence-corrected chi connectivity index (χ4v) is 4.50. The molecule has 3 heterocycles. The number of rotatable bonds is 7. The Balaban J connectivity index is 0.00000280. The molecule has 0 spiro atoms. The van der Waals surface area contributed by atoms with Crippen molar-refractivity contribution < 1.29 is 4.79 Å². The van der Waals surface area contributed by atoms with E-state index in [1.165, 1.54) is 12.8 Å². The van der Waals surface area contributed by atoms with Gasteiger partial charge in [0.2, 0.25) is 5.91 Å². The van der Waals surface area contributed by atoms with Crippen LogP contribution in [0.25, 0.3) is 0 Å². The summed E-state index contributed by atoms with van der Waals surface area (Å²) in [5.41, 5.74) is 1.13. The van der Waals surface area contributed by atoms with E-state index in [0.717, 1.165) is 62.4 Å². The van der Waals surface area contributed by atoms with E-state index < -0.39 is 0 Å². The van der Waals surface area contributed by atoms with Crippen molar-refractivity contribution in [3.8, 4) is 0 Å². The first-order valence-electron chi connectivity index (χ1n) is 10.2. The second-order valence-electron chi connectivity index (χ2n) is 7.15. The van der Waals surface area contributed by atoms with Crippen molar-refractivity contribution >= 4 is 52.3 Å². The number of amides is 1. The van der Waals surface area contributed by atoms with E-state index >= 15 is 0 Å². The maximum Gasteiger partial charge on any atom is 0.222 e. The molecule has 2 fully saturated rings. The molecule has 2 aliphatic rings. The Morgan fingerprint density at radius 3 is 2.82 bits per heavy atom. The van der Waals surface area contributed by atoms with Gasteiger partial charge < -0.3 is 20.4 Å². The summed E-state index contributed by atoms with van der Waals surface area (Å²) in [6.07, 6.45) is 4.96. The summed E-state index contributed by atoms with van der Waals surface area (Å²) in [7, 11) is 0. The van der Waals surface area contributed by atoms with Gasteiger partial charge in [0.25, 0.3) is 0 Å². The normalized spacial score (nSPS) is 19.6. The summed E-state index contributed by atoms with van der Waals surface area (Å²) >= 11 is 1.74. The molecule has 1 aromatic rings. The van der Waals surface area contributed by atoms with Crippen LogP contribution in [0.4, 0.5) is 5.13 Å². The van der Waals surface area contributed by atoms with E-state index in [1.807, 2.05) is 11.8 Å². The van der Waals surface area contributed by atoms with Crippen molar-refractivity contribution in [1.29, 1.82) is 0 Å². The highest BCUT2D eigenvalue weighted by atomic mass is 127. The minimum atomic E-state index is 0. The van der Waals surface area contributed by atoms with E-state index in [2.05, 4.69) is 27.8 Å². The number of carbonyl (C=O) groups excluding carboxylic acids is 1. The third kappa shape index (κ3) is 6.47. The van der Waals surface area contributed by atoms with Gasteiger partial charge in [0.1, 0.15) is 0 Å². The Morgan fingerprint density at radius 1 is 1.32 bits per heavy atom. The zero-order valence-corrected chi connectivity index (χ0v) is 20.1. The minimum absolute atomic E-state index is 0. The highest BCUT2D eigenvalue weighted by Crippen LogP contribution is 2.24. The van der Waals surface area contributed by atoms with Crippen molar-refractivity contribution in [2.45, 2.75) is 52.0 Å². The van der Waals surface area contributed by atoms with Gasteiger partial charge in [-0.05, 0) is 26.2 Å². The highest BCUT2D eigenvalue weighted by molar-refractivity contribution is 14.0. The smallest absolute Gasteiger partial charge is 0.222 e. The number of carbonyl (C=O) groups is 1. The fourth-order valence-electron chi connectivity index (χ4n) is 3.59. The van der Waals surface area contributed by atoms with Crippen LogP contribution in [0.2, 0.25) is 0 Å². The molecule has 1 atom stereocenters. The van der Waals surface area contributed by atoms with Crippen LogP contribution < -0.4 is 15.5 Å². The van der Waals surface area contributed by atoms with Crippen molar-refractivity contribution in [1.82, 2.24) is 20.5 Å². The van der Waals surface area contributed by atoms with Crippen molar-refractivity contribution in [3.05, 3.63) is 11.1 Å². The first-order chi connectivity index (χ1) is 13.2. The molecule has 9 heteroatoms. The molecule has 0 aromatic carbocycles. The molecular formula is C19H33IN6OS. The molecule has 3 rings (SSSR count). The molecule has 1 unspecified atom stereocenters. The average molecular weight is 520 g/mol. The van der Waals surface area contributed by atoms with Gasteiger partial charge in [-0.15, -0.1) is 35.3 Å². The molecule has 1 aromatic heterocycles. The van der Waals surface area contributed by atoms with Gasteiger partial charge in [-0.3, -0.25) is 9.79 Å². The van der Waals surface area contributed by atoms with Crippen LogP contribution in [-0.4, -0.2) is 67.1 Å². The summed E-state index contributed by atoms with van der Waals surface area (Å²) < 4.78 is 0. The van der Waals surface area contributed by atoms with E-state index in [-0.39, 0.29) is 35.9 Å². The van der Waals surface area contributed by atoms with Gasteiger partial charge in [0.05, 0.1) is 5.69 Å². The molecule has 1 amide bonds. The molecule has 0 aliphatic carbocycles. The first-order valence-corrected chi connectivity index (χ1v) is 11.1. The van der Waals surface area contributed by atoms with Gasteiger partial charge in [-0.1, -0.05) is 6.92 Å². The number of halogens is 1. The lowest BCUT2D eigenvalue weighted by molar-refractivity contribution is -0.129. The fraction of sp³-hybridized carbons (Fsp3) is 0.737. The summed E-state index contributed by atoms with van der Waals surface area (Å²) in [4.78, 5) is 25.6. The maximum atomic E-state index is 11.8. The van der Waals surface area contributed by atoms with Crippen molar-refractivity contribution in [2.24, 2.45) is 4.99 Å². The predicted octanol–water partition coefficient (Wildman–Crippen LogP) is 2.47. The lowest BCUT2D eigenvalue weighted by Crippen LogP contribution is -2.45. The summed E-state index contributed by atoms with van der Waals surface area (Å²) in [5.74, 6) is 1.07. The van der Waals surface area contributed by atoms with Crippen LogP contribution >= 0.6 is 35.3 Å². The molecule has 7 nitrogen and oxygen atoms in total. The van der Waals surface area contributed by atoms with Gasteiger partial charge >= 0.3 is 0 Å². The highest BCUT2D eigenvalue weighted by Gasteiger charge is 2.25. The molecule has 2 saturated heterocycles. The van der Waals surface area contributed by atoms with Gasteiger partial charge in [-0.2, -0.15) is 0 Å².